The third-order valence-electron chi connectivity index (χ3n) is 11.2. The first-order valence-corrected chi connectivity index (χ1v) is 18.9. The van der Waals surface area contributed by atoms with Crippen molar-refractivity contribution >= 4 is 48.6 Å². The second kappa shape index (κ2) is 12.7. The predicted molar refractivity (Wildman–Crippen MR) is 232 cm³/mol. The molecule has 0 aliphatic rings. The SMILES string of the molecule is c1ccc(-c2nn3c(-c4ccccc4)cc4cc(-c5c6ccccc6c(-c6ccc7ccccc7c6)c6ccccc56)ccc4c3c2-c2ccccc2)cc1. The zero-order valence-electron chi connectivity index (χ0n) is 30.0. The van der Waals surface area contributed by atoms with E-state index in [9.17, 15) is 0 Å². The van der Waals surface area contributed by atoms with E-state index in [1.54, 1.807) is 0 Å². The summed E-state index contributed by atoms with van der Waals surface area (Å²) in [7, 11) is 0. The highest BCUT2D eigenvalue weighted by molar-refractivity contribution is 6.22. The lowest BCUT2D eigenvalue weighted by molar-refractivity contribution is 0.979. The Kier molecular flexibility index (Phi) is 7.21. The highest BCUT2D eigenvalue weighted by atomic mass is 15.2. The Hall–Kier alpha value is -7.29. The van der Waals surface area contributed by atoms with E-state index in [0.717, 1.165) is 39.2 Å². The molecule has 2 nitrogen and oxygen atoms in total. The van der Waals surface area contributed by atoms with Crippen LogP contribution in [0, 0.1) is 0 Å². The van der Waals surface area contributed by atoms with E-state index >= 15 is 0 Å². The summed E-state index contributed by atoms with van der Waals surface area (Å²) in [5.74, 6) is 0. The number of rotatable bonds is 5. The van der Waals surface area contributed by atoms with Gasteiger partial charge < -0.3 is 0 Å². The number of aromatic nitrogens is 2. The van der Waals surface area contributed by atoms with Crippen LogP contribution in [-0.2, 0) is 0 Å². The maximum absolute atomic E-state index is 5.42. The third-order valence-corrected chi connectivity index (χ3v) is 11.2. The number of nitrogens with zero attached hydrogens (tertiary/aromatic N) is 2. The minimum Gasteiger partial charge on any atom is -0.231 e. The van der Waals surface area contributed by atoms with Gasteiger partial charge in [-0.25, -0.2) is 4.52 Å². The monoisotopic (exact) mass is 698 g/mol. The average molecular weight is 699 g/mol. The number of pyridine rings is 1. The highest BCUT2D eigenvalue weighted by Crippen LogP contribution is 2.46. The van der Waals surface area contributed by atoms with Gasteiger partial charge in [-0.1, -0.05) is 188 Å². The second-order valence-electron chi connectivity index (χ2n) is 14.3. The molecule has 0 fully saturated rings. The molecule has 2 heterocycles. The zero-order chi connectivity index (χ0) is 36.3. The lowest BCUT2D eigenvalue weighted by Gasteiger charge is -2.18. The van der Waals surface area contributed by atoms with Crippen molar-refractivity contribution in [3.8, 4) is 55.9 Å². The molecule has 9 aromatic carbocycles. The molecule has 55 heavy (non-hydrogen) atoms. The molecule has 256 valence electrons. The Morgan fingerprint density at radius 2 is 0.764 bits per heavy atom. The van der Waals surface area contributed by atoms with Crippen LogP contribution in [0.15, 0.2) is 206 Å². The summed E-state index contributed by atoms with van der Waals surface area (Å²) in [6.45, 7) is 0. The van der Waals surface area contributed by atoms with Gasteiger partial charge in [0.05, 0.1) is 11.2 Å². The van der Waals surface area contributed by atoms with Crippen molar-refractivity contribution in [2.75, 3.05) is 0 Å². The van der Waals surface area contributed by atoms with Gasteiger partial charge in [0.2, 0.25) is 0 Å². The Balaban J connectivity index is 1.22. The van der Waals surface area contributed by atoms with E-state index < -0.39 is 0 Å². The molecule has 0 saturated heterocycles. The van der Waals surface area contributed by atoms with Crippen LogP contribution in [0.3, 0.4) is 0 Å². The molecule has 2 heteroatoms. The van der Waals surface area contributed by atoms with Crippen LogP contribution in [0.4, 0.5) is 0 Å². The van der Waals surface area contributed by atoms with E-state index in [4.69, 9.17) is 5.10 Å². The molecule has 0 unspecified atom stereocenters. The minimum absolute atomic E-state index is 0.974. The van der Waals surface area contributed by atoms with Crippen LogP contribution in [0.5, 0.6) is 0 Å². The molecule has 0 aliphatic carbocycles. The highest BCUT2D eigenvalue weighted by Gasteiger charge is 2.23. The van der Waals surface area contributed by atoms with Crippen molar-refractivity contribution in [3.63, 3.8) is 0 Å². The van der Waals surface area contributed by atoms with Crippen LogP contribution < -0.4 is 0 Å². The van der Waals surface area contributed by atoms with Crippen molar-refractivity contribution < 1.29 is 0 Å². The summed E-state index contributed by atoms with van der Waals surface area (Å²) >= 11 is 0. The molecule has 11 rings (SSSR count). The number of fused-ring (bicyclic) bond motifs is 6. The van der Waals surface area contributed by atoms with Crippen molar-refractivity contribution in [1.29, 1.82) is 0 Å². The molecule has 0 bridgehead atoms. The largest absolute Gasteiger partial charge is 0.231 e. The molecule has 0 radical (unpaired) electrons. The van der Waals surface area contributed by atoms with Gasteiger partial charge in [0.15, 0.2) is 0 Å². The lowest BCUT2D eigenvalue weighted by Crippen LogP contribution is -1.96. The van der Waals surface area contributed by atoms with E-state index in [1.165, 1.54) is 65.3 Å². The summed E-state index contributed by atoms with van der Waals surface area (Å²) in [6, 6.07) is 74.7. The Morgan fingerprint density at radius 1 is 0.291 bits per heavy atom. The number of hydrogen-bond donors (Lipinski definition) is 0. The standard InChI is InChI=1S/C53H34N2/c1-4-17-36(18-5-1)48-34-42-33-41(30-31-43(42)53-51(37-19-6-2-7-20-37)52(54-55(48)53)38-21-8-3-9-22-38)50-46-26-14-12-24-44(46)49(45-25-13-15-27-47(45)50)40-29-28-35-16-10-11-23-39(35)32-40/h1-34H. The van der Waals surface area contributed by atoms with Crippen molar-refractivity contribution in [2.24, 2.45) is 0 Å². The van der Waals surface area contributed by atoms with Gasteiger partial charge in [0.1, 0.15) is 5.69 Å². The maximum Gasteiger partial charge on any atom is 0.101 e. The fourth-order valence-corrected chi connectivity index (χ4v) is 8.69. The van der Waals surface area contributed by atoms with Crippen LogP contribution in [0.25, 0.3) is 105 Å². The molecular formula is C53H34N2. The normalized spacial score (nSPS) is 11.6. The second-order valence-corrected chi connectivity index (χ2v) is 14.3. The Morgan fingerprint density at radius 3 is 1.36 bits per heavy atom. The van der Waals surface area contributed by atoms with E-state index in [1.807, 2.05) is 0 Å². The summed E-state index contributed by atoms with van der Waals surface area (Å²) in [5.41, 5.74) is 12.6. The number of hydrogen-bond acceptors (Lipinski definition) is 1. The van der Waals surface area contributed by atoms with Crippen molar-refractivity contribution in [2.45, 2.75) is 0 Å². The smallest absolute Gasteiger partial charge is 0.101 e. The van der Waals surface area contributed by atoms with Gasteiger partial charge in [-0.2, -0.15) is 5.10 Å². The van der Waals surface area contributed by atoms with Gasteiger partial charge in [-0.15, -0.1) is 0 Å². The number of benzene rings is 9. The van der Waals surface area contributed by atoms with E-state index in [-0.39, 0.29) is 0 Å². The van der Waals surface area contributed by atoms with Crippen LogP contribution in [0.2, 0.25) is 0 Å². The average Bonchev–Trinajstić information content (AvgIpc) is 3.67. The molecule has 0 atom stereocenters. The molecule has 0 aliphatic heterocycles. The van der Waals surface area contributed by atoms with Crippen LogP contribution in [0.1, 0.15) is 0 Å². The topological polar surface area (TPSA) is 17.3 Å². The van der Waals surface area contributed by atoms with Crippen molar-refractivity contribution in [1.82, 2.24) is 9.61 Å². The zero-order valence-corrected chi connectivity index (χ0v) is 30.0. The molecule has 2 aromatic heterocycles. The van der Waals surface area contributed by atoms with Gasteiger partial charge >= 0.3 is 0 Å². The molecular weight excluding hydrogens is 665 g/mol. The molecule has 0 N–H and O–H groups in total. The fourth-order valence-electron chi connectivity index (χ4n) is 8.69. The predicted octanol–water partition coefficient (Wildman–Crippen LogP) is 14.3. The van der Waals surface area contributed by atoms with Gasteiger partial charge in [-0.05, 0) is 83.7 Å². The minimum atomic E-state index is 0.974. The van der Waals surface area contributed by atoms with Gasteiger partial charge in [0.25, 0.3) is 0 Å². The van der Waals surface area contributed by atoms with Crippen LogP contribution >= 0.6 is 0 Å². The third kappa shape index (κ3) is 5.07. The Bertz CT molecular complexity index is 3180. The first kappa shape index (κ1) is 31.3. The summed E-state index contributed by atoms with van der Waals surface area (Å²) in [6.07, 6.45) is 0. The molecule has 0 saturated carbocycles. The summed E-state index contributed by atoms with van der Waals surface area (Å²) < 4.78 is 2.17. The first-order chi connectivity index (χ1) is 27.3. The first-order valence-electron chi connectivity index (χ1n) is 18.9. The molecule has 0 amide bonds. The molecule has 11 aromatic rings. The van der Waals surface area contributed by atoms with Crippen LogP contribution in [-0.4, -0.2) is 9.61 Å². The lowest BCUT2D eigenvalue weighted by atomic mass is 9.85. The van der Waals surface area contributed by atoms with E-state index in [2.05, 4.69) is 211 Å². The van der Waals surface area contributed by atoms with Gasteiger partial charge in [-0.3, -0.25) is 0 Å². The quantitative estimate of drug-likeness (QED) is 0.164. The maximum atomic E-state index is 5.42. The summed E-state index contributed by atoms with van der Waals surface area (Å²) in [4.78, 5) is 0. The van der Waals surface area contributed by atoms with E-state index in [0.29, 0.717) is 0 Å². The van der Waals surface area contributed by atoms with Gasteiger partial charge in [0, 0.05) is 22.1 Å². The Labute approximate surface area is 319 Å². The van der Waals surface area contributed by atoms with Crippen molar-refractivity contribution in [3.05, 3.63) is 206 Å². The summed E-state index contributed by atoms with van der Waals surface area (Å²) in [5, 5.41) is 15.3. The molecule has 0 spiro atoms. The fraction of sp³-hybridized carbons (Fsp3) is 0.